The van der Waals surface area contributed by atoms with Gasteiger partial charge in [0.1, 0.15) is 0 Å². The first kappa shape index (κ1) is 20.9. The molecule has 0 saturated heterocycles. The predicted octanol–water partition coefficient (Wildman–Crippen LogP) is 4.94. The molecule has 0 atom stereocenters. The molecule has 0 fully saturated rings. The minimum atomic E-state index is -0.332. The summed E-state index contributed by atoms with van der Waals surface area (Å²) in [4.78, 5) is 17.2. The summed E-state index contributed by atoms with van der Waals surface area (Å²) in [5, 5.41) is 15.1. The largest absolute Gasteiger partial charge is 0.338 e. The summed E-state index contributed by atoms with van der Waals surface area (Å²) >= 11 is 3.44. The zero-order valence-corrected chi connectivity index (χ0v) is 19.1. The topological polar surface area (TPSA) is 98.7 Å². The molecule has 2 aromatic carbocycles. The summed E-state index contributed by atoms with van der Waals surface area (Å²) in [5.41, 5.74) is 2.94. The van der Waals surface area contributed by atoms with Gasteiger partial charge in [0.05, 0.1) is 11.4 Å². The maximum Gasteiger partial charge on any atom is 0.278 e. The molecule has 8 nitrogen and oxygen atoms in total. The summed E-state index contributed by atoms with van der Waals surface area (Å²) in [6, 6.07) is 14.9. The van der Waals surface area contributed by atoms with Crippen LogP contribution in [0.25, 0.3) is 17.1 Å². The number of anilines is 1. The Morgan fingerprint density at radius 3 is 2.52 bits per heavy atom. The van der Waals surface area contributed by atoms with Gasteiger partial charge in [0, 0.05) is 21.1 Å². The minimum Gasteiger partial charge on any atom is -0.338 e. The van der Waals surface area contributed by atoms with Crippen LogP contribution in [0.2, 0.25) is 0 Å². The standard InChI is InChI=1S/C22H21BrN6O2/c1-13-18(26-28-29(13)17-7-5-6-15(23)12-17)20(30)24-16-10-8-14(9-11-16)19-25-21(31-27-19)22(2,3)4/h5-12H,1-4H3,(H,24,30). The van der Waals surface area contributed by atoms with E-state index in [-0.39, 0.29) is 17.0 Å². The van der Waals surface area contributed by atoms with Gasteiger partial charge in [0.25, 0.3) is 5.91 Å². The van der Waals surface area contributed by atoms with E-state index in [0.29, 0.717) is 23.1 Å². The van der Waals surface area contributed by atoms with Gasteiger partial charge in [0.2, 0.25) is 11.7 Å². The quantitative estimate of drug-likeness (QED) is 0.444. The molecule has 158 valence electrons. The van der Waals surface area contributed by atoms with Gasteiger partial charge in [-0.3, -0.25) is 4.79 Å². The van der Waals surface area contributed by atoms with E-state index in [1.165, 1.54) is 0 Å². The van der Waals surface area contributed by atoms with E-state index in [9.17, 15) is 4.79 Å². The van der Waals surface area contributed by atoms with E-state index in [1.807, 2.05) is 64.1 Å². The number of nitrogens with zero attached hydrogens (tertiary/aromatic N) is 5. The molecule has 2 heterocycles. The molecule has 9 heteroatoms. The van der Waals surface area contributed by atoms with Crippen LogP contribution in [0.1, 0.15) is 42.8 Å². The lowest BCUT2D eigenvalue weighted by atomic mass is 9.97. The molecule has 0 spiro atoms. The molecule has 0 saturated carbocycles. The number of aromatic nitrogens is 5. The number of nitrogens with one attached hydrogen (secondary N) is 1. The van der Waals surface area contributed by atoms with Gasteiger partial charge in [0.15, 0.2) is 5.69 Å². The van der Waals surface area contributed by atoms with Crippen molar-refractivity contribution in [1.82, 2.24) is 25.1 Å². The van der Waals surface area contributed by atoms with Crippen LogP contribution < -0.4 is 5.32 Å². The second-order valence-electron chi connectivity index (χ2n) is 8.12. The SMILES string of the molecule is Cc1c(C(=O)Nc2ccc(-c3noc(C(C)(C)C)n3)cc2)nnn1-c1cccc(Br)c1. The van der Waals surface area contributed by atoms with E-state index in [4.69, 9.17) is 4.52 Å². The van der Waals surface area contributed by atoms with Gasteiger partial charge in [-0.05, 0) is 49.4 Å². The maximum absolute atomic E-state index is 12.7. The lowest BCUT2D eigenvalue weighted by molar-refractivity contribution is 0.102. The summed E-state index contributed by atoms with van der Waals surface area (Å²) in [6.07, 6.45) is 0. The van der Waals surface area contributed by atoms with Crippen molar-refractivity contribution >= 4 is 27.5 Å². The number of rotatable bonds is 4. The highest BCUT2D eigenvalue weighted by Crippen LogP contribution is 2.25. The summed E-state index contributed by atoms with van der Waals surface area (Å²) in [5.74, 6) is 0.751. The molecule has 4 rings (SSSR count). The van der Waals surface area contributed by atoms with Gasteiger partial charge in [-0.2, -0.15) is 4.98 Å². The molecule has 0 aliphatic heterocycles. The molecule has 4 aromatic rings. The number of hydrogen-bond acceptors (Lipinski definition) is 6. The maximum atomic E-state index is 12.7. The fraction of sp³-hybridized carbons (Fsp3) is 0.227. The van der Waals surface area contributed by atoms with Crippen LogP contribution in [0.5, 0.6) is 0 Å². The Morgan fingerprint density at radius 2 is 1.87 bits per heavy atom. The van der Waals surface area contributed by atoms with Crippen LogP contribution in [0.4, 0.5) is 5.69 Å². The highest BCUT2D eigenvalue weighted by Gasteiger charge is 2.22. The second-order valence-corrected chi connectivity index (χ2v) is 9.04. The van der Waals surface area contributed by atoms with Gasteiger partial charge in [-0.1, -0.05) is 53.1 Å². The van der Waals surface area contributed by atoms with E-state index in [1.54, 1.807) is 16.8 Å². The van der Waals surface area contributed by atoms with Crippen molar-refractivity contribution in [2.45, 2.75) is 33.1 Å². The van der Waals surface area contributed by atoms with Crippen LogP contribution in [0, 0.1) is 6.92 Å². The number of benzene rings is 2. The number of halogens is 1. The first-order chi connectivity index (χ1) is 14.7. The lowest BCUT2D eigenvalue weighted by Gasteiger charge is -2.10. The molecule has 0 bridgehead atoms. The van der Waals surface area contributed by atoms with Crippen LogP contribution in [-0.2, 0) is 5.41 Å². The Morgan fingerprint density at radius 1 is 1.13 bits per heavy atom. The van der Waals surface area contributed by atoms with Crippen LogP contribution in [0.15, 0.2) is 57.5 Å². The molecule has 1 N–H and O–H groups in total. The normalized spacial score (nSPS) is 11.5. The van der Waals surface area contributed by atoms with E-state index in [0.717, 1.165) is 15.7 Å². The highest BCUT2D eigenvalue weighted by atomic mass is 79.9. The first-order valence-electron chi connectivity index (χ1n) is 9.66. The van der Waals surface area contributed by atoms with Crippen LogP contribution in [-0.4, -0.2) is 31.0 Å². The van der Waals surface area contributed by atoms with Crippen molar-refractivity contribution in [2.24, 2.45) is 0 Å². The number of hydrogen-bond donors (Lipinski definition) is 1. The number of carbonyl (C=O) groups excluding carboxylic acids is 1. The first-order valence-corrected chi connectivity index (χ1v) is 10.5. The molecule has 31 heavy (non-hydrogen) atoms. The minimum absolute atomic E-state index is 0.218. The highest BCUT2D eigenvalue weighted by molar-refractivity contribution is 9.10. The molecule has 1 amide bonds. The lowest BCUT2D eigenvalue weighted by Crippen LogP contribution is -2.14. The predicted molar refractivity (Wildman–Crippen MR) is 120 cm³/mol. The van der Waals surface area contributed by atoms with Crippen molar-refractivity contribution in [3.8, 4) is 17.1 Å². The van der Waals surface area contributed by atoms with Crippen molar-refractivity contribution in [2.75, 3.05) is 5.32 Å². The fourth-order valence-electron chi connectivity index (χ4n) is 2.93. The third-order valence-electron chi connectivity index (χ3n) is 4.63. The van der Waals surface area contributed by atoms with E-state index in [2.05, 4.69) is 41.7 Å². The number of carbonyl (C=O) groups is 1. The molecule has 0 aliphatic carbocycles. The molecular formula is C22H21BrN6O2. The molecule has 2 aromatic heterocycles. The van der Waals surface area contributed by atoms with Crippen molar-refractivity contribution in [3.63, 3.8) is 0 Å². The van der Waals surface area contributed by atoms with E-state index < -0.39 is 0 Å². The Bertz CT molecular complexity index is 1240. The molecule has 0 aliphatic rings. The Labute approximate surface area is 187 Å². The zero-order chi connectivity index (χ0) is 22.2. The third kappa shape index (κ3) is 4.41. The Kier molecular flexibility index (Phi) is 5.45. The summed E-state index contributed by atoms with van der Waals surface area (Å²) in [7, 11) is 0. The smallest absolute Gasteiger partial charge is 0.278 e. The fourth-order valence-corrected chi connectivity index (χ4v) is 3.32. The molecule has 0 radical (unpaired) electrons. The van der Waals surface area contributed by atoms with E-state index >= 15 is 0 Å². The average Bonchev–Trinajstić information content (AvgIpc) is 3.36. The van der Waals surface area contributed by atoms with Crippen molar-refractivity contribution < 1.29 is 9.32 Å². The Balaban J connectivity index is 1.50. The van der Waals surface area contributed by atoms with Gasteiger partial charge < -0.3 is 9.84 Å². The monoisotopic (exact) mass is 480 g/mol. The average molecular weight is 481 g/mol. The Hall–Kier alpha value is -3.33. The summed E-state index contributed by atoms with van der Waals surface area (Å²) in [6.45, 7) is 7.84. The third-order valence-corrected chi connectivity index (χ3v) is 5.12. The van der Waals surface area contributed by atoms with Crippen LogP contribution in [0.3, 0.4) is 0 Å². The van der Waals surface area contributed by atoms with Crippen LogP contribution >= 0.6 is 15.9 Å². The molecule has 0 unspecified atom stereocenters. The summed E-state index contributed by atoms with van der Waals surface area (Å²) < 4.78 is 7.89. The molecular weight excluding hydrogens is 460 g/mol. The van der Waals surface area contributed by atoms with Gasteiger partial charge in [-0.25, -0.2) is 4.68 Å². The number of amides is 1. The zero-order valence-electron chi connectivity index (χ0n) is 17.5. The second kappa shape index (κ2) is 8.07. The van der Waals surface area contributed by atoms with Gasteiger partial charge in [-0.15, -0.1) is 5.10 Å². The van der Waals surface area contributed by atoms with Crippen molar-refractivity contribution in [3.05, 3.63) is 70.3 Å². The van der Waals surface area contributed by atoms with Crippen molar-refractivity contribution in [1.29, 1.82) is 0 Å². The van der Waals surface area contributed by atoms with Gasteiger partial charge >= 0.3 is 0 Å².